The third-order valence-electron chi connectivity index (χ3n) is 2.09. The van der Waals surface area contributed by atoms with E-state index < -0.39 is 0 Å². The smallest absolute Gasteiger partial charge is 0.140 e. The van der Waals surface area contributed by atoms with Crippen LogP contribution in [0, 0.1) is 18.3 Å². The largest absolute Gasteiger partial charge is 0.264 e. The quantitative estimate of drug-likeness (QED) is 0.747. The van der Waals surface area contributed by atoms with Gasteiger partial charge in [-0.05, 0) is 30.7 Å². The van der Waals surface area contributed by atoms with Crippen molar-refractivity contribution >= 4 is 0 Å². The van der Waals surface area contributed by atoms with Crippen LogP contribution < -0.4 is 0 Å². The summed E-state index contributed by atoms with van der Waals surface area (Å²) in [7, 11) is 0. The summed E-state index contributed by atoms with van der Waals surface area (Å²) in [6.45, 7) is 5.99. The van der Waals surface area contributed by atoms with Gasteiger partial charge in [0.05, 0.1) is 0 Å². The van der Waals surface area contributed by atoms with Crippen LogP contribution in [-0.2, 0) is 0 Å². The van der Waals surface area contributed by atoms with Gasteiger partial charge in [0.2, 0.25) is 0 Å². The fraction of sp³-hybridized carbons (Fsp3) is 0.214. The van der Waals surface area contributed by atoms with Crippen LogP contribution in [0.3, 0.4) is 0 Å². The van der Waals surface area contributed by atoms with Crippen LogP contribution in [0.5, 0.6) is 0 Å². The maximum Gasteiger partial charge on any atom is 0.140 e. The minimum atomic E-state index is 0.430. The van der Waals surface area contributed by atoms with Crippen LogP contribution in [0.2, 0.25) is 0 Å². The summed E-state index contributed by atoms with van der Waals surface area (Å²) in [5, 5.41) is 8.62. The molecule has 0 aliphatic carbocycles. The zero-order valence-corrected chi connectivity index (χ0v) is 10.3. The van der Waals surface area contributed by atoms with Gasteiger partial charge in [0.1, 0.15) is 11.8 Å². The Balaban J connectivity index is 0.000000686. The van der Waals surface area contributed by atoms with E-state index in [0.717, 1.165) is 16.7 Å². The highest BCUT2D eigenvalue weighted by molar-refractivity contribution is 5.62. The van der Waals surface area contributed by atoms with Crippen molar-refractivity contribution in [1.82, 2.24) is 9.97 Å². The normalized spacial score (nSPS) is 8.82. The molecular formula is C14H15N3. The van der Waals surface area contributed by atoms with Crippen LogP contribution in [0.25, 0.3) is 11.1 Å². The molecule has 0 unspecified atom stereocenters. The number of hydrogen-bond acceptors (Lipinski definition) is 3. The van der Waals surface area contributed by atoms with E-state index in [2.05, 4.69) is 9.97 Å². The van der Waals surface area contributed by atoms with Gasteiger partial charge in [0, 0.05) is 29.7 Å². The Morgan fingerprint density at radius 2 is 1.82 bits per heavy atom. The molecule has 0 aliphatic rings. The van der Waals surface area contributed by atoms with Crippen LogP contribution in [0.1, 0.15) is 25.1 Å². The number of hydrogen-bond donors (Lipinski definition) is 0. The Hall–Kier alpha value is -2.21. The lowest BCUT2D eigenvalue weighted by Crippen LogP contribution is -1.85. The average Bonchev–Trinajstić information content (AvgIpc) is 2.41. The van der Waals surface area contributed by atoms with Gasteiger partial charge in [-0.15, -0.1) is 0 Å². The molecule has 0 aliphatic heterocycles. The van der Waals surface area contributed by atoms with Crippen molar-refractivity contribution in [1.29, 1.82) is 5.26 Å². The Morgan fingerprint density at radius 3 is 2.35 bits per heavy atom. The molecule has 0 N–H and O–H groups in total. The second-order valence-corrected chi connectivity index (χ2v) is 3.29. The summed E-state index contributed by atoms with van der Waals surface area (Å²) in [5.41, 5.74) is 3.54. The molecule has 2 heterocycles. The van der Waals surface area contributed by atoms with Crippen molar-refractivity contribution in [3.63, 3.8) is 0 Å². The molecule has 0 fully saturated rings. The molecule has 0 amide bonds. The van der Waals surface area contributed by atoms with Crippen LogP contribution in [0.4, 0.5) is 0 Å². The van der Waals surface area contributed by atoms with E-state index in [4.69, 9.17) is 5.26 Å². The third kappa shape index (κ3) is 3.39. The van der Waals surface area contributed by atoms with Crippen molar-refractivity contribution < 1.29 is 0 Å². The lowest BCUT2D eigenvalue weighted by Gasteiger charge is -2.01. The molecular weight excluding hydrogens is 210 g/mol. The first kappa shape index (κ1) is 12.9. The van der Waals surface area contributed by atoms with Crippen molar-refractivity contribution in [2.75, 3.05) is 0 Å². The topological polar surface area (TPSA) is 49.6 Å². The van der Waals surface area contributed by atoms with Gasteiger partial charge in [-0.3, -0.25) is 4.98 Å². The molecule has 3 heteroatoms. The summed E-state index contributed by atoms with van der Waals surface area (Å²) in [6, 6.07) is 7.61. The molecule has 0 spiro atoms. The maximum absolute atomic E-state index is 8.62. The fourth-order valence-electron chi connectivity index (χ4n) is 1.34. The highest BCUT2D eigenvalue weighted by Crippen LogP contribution is 2.17. The minimum Gasteiger partial charge on any atom is -0.264 e. The summed E-state index contributed by atoms with van der Waals surface area (Å²) in [5.74, 6) is 0. The zero-order valence-electron chi connectivity index (χ0n) is 10.3. The lowest BCUT2D eigenvalue weighted by molar-refractivity contribution is 1.24. The predicted octanol–water partition coefficient (Wildman–Crippen LogP) is 3.35. The maximum atomic E-state index is 8.62. The van der Waals surface area contributed by atoms with E-state index in [1.807, 2.05) is 39.0 Å². The number of nitriles is 1. The Labute approximate surface area is 102 Å². The second-order valence-electron chi connectivity index (χ2n) is 3.29. The molecule has 0 atom stereocenters. The number of nitrogens with zero attached hydrogens (tertiary/aromatic N) is 3. The van der Waals surface area contributed by atoms with E-state index in [1.54, 1.807) is 24.7 Å². The van der Waals surface area contributed by atoms with Gasteiger partial charge >= 0.3 is 0 Å². The summed E-state index contributed by atoms with van der Waals surface area (Å²) in [6.07, 6.45) is 5.28. The molecule has 0 bridgehead atoms. The molecule has 86 valence electrons. The average molecular weight is 225 g/mol. The van der Waals surface area contributed by atoms with E-state index in [1.165, 1.54) is 0 Å². The predicted molar refractivity (Wildman–Crippen MR) is 68.3 cm³/mol. The van der Waals surface area contributed by atoms with E-state index in [0.29, 0.717) is 5.69 Å². The van der Waals surface area contributed by atoms with Gasteiger partial charge < -0.3 is 0 Å². The van der Waals surface area contributed by atoms with Crippen molar-refractivity contribution in [3.8, 4) is 17.2 Å². The zero-order chi connectivity index (χ0) is 12.7. The van der Waals surface area contributed by atoms with E-state index in [9.17, 15) is 0 Å². The molecule has 17 heavy (non-hydrogen) atoms. The van der Waals surface area contributed by atoms with E-state index >= 15 is 0 Å². The molecule has 2 aromatic rings. The summed E-state index contributed by atoms with van der Waals surface area (Å²) < 4.78 is 0. The highest BCUT2D eigenvalue weighted by atomic mass is 14.7. The number of aryl methyl sites for hydroxylation is 1. The van der Waals surface area contributed by atoms with Gasteiger partial charge in [-0.1, -0.05) is 13.8 Å². The SMILES string of the molecule is CC.Cc1cncc(-c2ccc(C#N)nc2)c1. The van der Waals surface area contributed by atoms with Crippen LogP contribution >= 0.6 is 0 Å². The molecule has 2 aromatic heterocycles. The monoisotopic (exact) mass is 225 g/mol. The Kier molecular flexibility index (Phi) is 4.83. The summed E-state index contributed by atoms with van der Waals surface area (Å²) in [4.78, 5) is 8.12. The van der Waals surface area contributed by atoms with Gasteiger partial charge in [0.25, 0.3) is 0 Å². The molecule has 2 rings (SSSR count). The number of rotatable bonds is 1. The number of aromatic nitrogens is 2. The molecule has 0 aromatic carbocycles. The van der Waals surface area contributed by atoms with Crippen LogP contribution in [0.15, 0.2) is 36.8 Å². The first-order chi connectivity index (χ1) is 8.29. The second kappa shape index (κ2) is 6.39. The van der Waals surface area contributed by atoms with Crippen molar-refractivity contribution in [3.05, 3.63) is 48.0 Å². The number of pyridine rings is 2. The van der Waals surface area contributed by atoms with Crippen LogP contribution in [-0.4, -0.2) is 9.97 Å². The molecule has 0 saturated heterocycles. The van der Waals surface area contributed by atoms with E-state index in [-0.39, 0.29) is 0 Å². The molecule has 0 radical (unpaired) electrons. The fourth-order valence-corrected chi connectivity index (χ4v) is 1.34. The first-order valence-corrected chi connectivity index (χ1v) is 5.58. The van der Waals surface area contributed by atoms with Gasteiger partial charge in [-0.2, -0.15) is 5.26 Å². The van der Waals surface area contributed by atoms with Crippen molar-refractivity contribution in [2.24, 2.45) is 0 Å². The first-order valence-electron chi connectivity index (χ1n) is 5.58. The molecule has 3 nitrogen and oxygen atoms in total. The Morgan fingerprint density at radius 1 is 1.06 bits per heavy atom. The minimum absolute atomic E-state index is 0.430. The highest BCUT2D eigenvalue weighted by Gasteiger charge is 1.99. The van der Waals surface area contributed by atoms with Crippen molar-refractivity contribution in [2.45, 2.75) is 20.8 Å². The standard InChI is InChI=1S/C12H9N3.C2H6/c1-9-4-11(7-14-6-9)10-2-3-12(5-13)15-8-10;1-2/h2-4,6-8H,1H3;1-2H3. The van der Waals surface area contributed by atoms with Gasteiger partial charge in [-0.25, -0.2) is 4.98 Å². The lowest BCUT2D eigenvalue weighted by atomic mass is 10.1. The summed E-state index contributed by atoms with van der Waals surface area (Å²) >= 11 is 0. The third-order valence-corrected chi connectivity index (χ3v) is 2.09. The Bertz CT molecular complexity index is 510. The molecule has 0 saturated carbocycles. The van der Waals surface area contributed by atoms with Gasteiger partial charge in [0.15, 0.2) is 0 Å².